The Kier molecular flexibility index (Phi) is 6.47. The molecule has 5 rings (SSSR count). The van der Waals surface area contributed by atoms with Crippen LogP contribution < -0.4 is 10.7 Å². The third kappa shape index (κ3) is 5.34. The van der Waals surface area contributed by atoms with Crippen molar-refractivity contribution in [1.29, 1.82) is 0 Å². The lowest BCUT2D eigenvalue weighted by Gasteiger charge is -2.23. The molecule has 0 aliphatic rings. The fourth-order valence-electron chi connectivity index (χ4n) is 3.72. The lowest BCUT2D eigenvalue weighted by Crippen LogP contribution is -2.36. The molecule has 7 nitrogen and oxygen atoms in total. The maximum Gasteiger partial charge on any atom is 0.260 e. The Labute approximate surface area is 204 Å². The van der Waals surface area contributed by atoms with Crippen LogP contribution in [0.15, 0.2) is 114 Å². The lowest BCUT2D eigenvalue weighted by molar-refractivity contribution is 0.453. The number of benzene rings is 4. The Morgan fingerprint density at radius 1 is 0.743 bits per heavy atom. The molecule has 0 fully saturated rings. The average Bonchev–Trinajstić information content (AvgIpc) is 3.31. The minimum Gasteiger partial charge on any atom is -0.381 e. The highest BCUT2D eigenvalue weighted by Gasteiger charge is 2.26. The predicted molar refractivity (Wildman–Crippen MR) is 139 cm³/mol. The van der Waals surface area contributed by atoms with E-state index >= 15 is 0 Å². The highest BCUT2D eigenvalue weighted by atomic mass is 32.2. The van der Waals surface area contributed by atoms with Gasteiger partial charge in [-0.3, -0.25) is 0 Å². The monoisotopic (exact) mass is 483 g/mol. The number of nitrogens with zero attached hydrogens (tertiary/aromatic N) is 2. The third-order valence-electron chi connectivity index (χ3n) is 5.54. The van der Waals surface area contributed by atoms with Crippen molar-refractivity contribution in [2.45, 2.75) is 18.0 Å². The molecule has 35 heavy (non-hydrogen) atoms. The molecule has 3 N–H and O–H groups in total. The van der Waals surface area contributed by atoms with Crippen molar-refractivity contribution in [2.75, 3.05) is 10.7 Å². The summed E-state index contributed by atoms with van der Waals surface area (Å²) in [5.41, 5.74) is 7.50. The van der Waals surface area contributed by atoms with Gasteiger partial charge in [-0.1, -0.05) is 60.7 Å². The molecule has 0 aliphatic carbocycles. The fraction of sp³-hybridized carbons (Fsp3) is 0.0741. The SMILES string of the molecule is O=S(=O)(c1ccccc1)N(Cc1nc2ccccc2[nH]1)Nc1ccc(CNc2ccccc2)cc1. The van der Waals surface area contributed by atoms with Gasteiger partial charge in [-0.15, -0.1) is 4.41 Å². The van der Waals surface area contributed by atoms with E-state index in [0.717, 1.165) is 22.3 Å². The van der Waals surface area contributed by atoms with Crippen LogP contribution in [0, 0.1) is 0 Å². The van der Waals surface area contributed by atoms with Crippen LogP contribution in [0.1, 0.15) is 11.4 Å². The summed E-state index contributed by atoms with van der Waals surface area (Å²) < 4.78 is 28.2. The van der Waals surface area contributed by atoms with E-state index < -0.39 is 10.0 Å². The number of sulfonamides is 1. The number of imidazole rings is 1. The van der Waals surface area contributed by atoms with E-state index in [9.17, 15) is 8.42 Å². The van der Waals surface area contributed by atoms with E-state index in [0.29, 0.717) is 18.1 Å². The Bertz CT molecular complexity index is 1470. The second-order valence-electron chi connectivity index (χ2n) is 8.05. The highest BCUT2D eigenvalue weighted by molar-refractivity contribution is 7.89. The van der Waals surface area contributed by atoms with Crippen molar-refractivity contribution in [1.82, 2.24) is 14.4 Å². The van der Waals surface area contributed by atoms with E-state index in [-0.39, 0.29) is 11.4 Å². The number of H-pyrrole nitrogens is 1. The molecule has 0 saturated heterocycles. The first-order valence-corrected chi connectivity index (χ1v) is 12.7. The molecule has 1 aromatic heterocycles. The zero-order chi connectivity index (χ0) is 24.1. The first-order valence-electron chi connectivity index (χ1n) is 11.2. The molecule has 4 aromatic carbocycles. The Hall–Kier alpha value is -4.14. The summed E-state index contributed by atoms with van der Waals surface area (Å²) in [6.45, 7) is 0.693. The van der Waals surface area contributed by atoms with Gasteiger partial charge in [0, 0.05) is 12.2 Å². The lowest BCUT2D eigenvalue weighted by atomic mass is 10.2. The van der Waals surface area contributed by atoms with Crippen LogP contribution >= 0.6 is 0 Å². The van der Waals surface area contributed by atoms with Crippen molar-refractivity contribution in [2.24, 2.45) is 0 Å². The van der Waals surface area contributed by atoms with Crippen molar-refractivity contribution < 1.29 is 8.42 Å². The van der Waals surface area contributed by atoms with Crippen molar-refractivity contribution in [3.8, 4) is 0 Å². The van der Waals surface area contributed by atoms with E-state index in [2.05, 4.69) is 20.7 Å². The molecule has 0 aliphatic heterocycles. The van der Waals surface area contributed by atoms with Crippen LogP contribution in [0.5, 0.6) is 0 Å². The molecule has 0 spiro atoms. The zero-order valence-electron chi connectivity index (χ0n) is 18.9. The second kappa shape index (κ2) is 10.0. The van der Waals surface area contributed by atoms with Crippen molar-refractivity contribution >= 4 is 32.4 Å². The van der Waals surface area contributed by atoms with E-state index in [4.69, 9.17) is 0 Å². The number of hydrazine groups is 1. The summed E-state index contributed by atoms with van der Waals surface area (Å²) in [6.07, 6.45) is 0. The van der Waals surface area contributed by atoms with Crippen LogP contribution in [-0.2, 0) is 23.1 Å². The predicted octanol–water partition coefficient (Wildman–Crippen LogP) is 5.39. The summed E-state index contributed by atoms with van der Waals surface area (Å²) in [5, 5.41) is 3.37. The highest BCUT2D eigenvalue weighted by Crippen LogP contribution is 2.21. The average molecular weight is 484 g/mol. The molecule has 0 bridgehead atoms. The summed E-state index contributed by atoms with van der Waals surface area (Å²) in [6, 6.07) is 33.6. The summed E-state index contributed by atoms with van der Waals surface area (Å²) in [5.74, 6) is 0.543. The summed E-state index contributed by atoms with van der Waals surface area (Å²) >= 11 is 0. The number of hydrogen-bond donors (Lipinski definition) is 3. The number of anilines is 2. The Balaban J connectivity index is 1.37. The molecule has 0 saturated carbocycles. The van der Waals surface area contributed by atoms with Gasteiger partial charge in [-0.2, -0.15) is 0 Å². The maximum absolute atomic E-state index is 13.5. The molecule has 1 heterocycles. The van der Waals surface area contributed by atoms with Gasteiger partial charge in [0.25, 0.3) is 10.0 Å². The van der Waals surface area contributed by atoms with Gasteiger partial charge < -0.3 is 15.7 Å². The van der Waals surface area contributed by atoms with E-state index in [1.165, 1.54) is 4.41 Å². The third-order valence-corrected chi connectivity index (χ3v) is 7.21. The summed E-state index contributed by atoms with van der Waals surface area (Å²) in [7, 11) is -3.84. The minimum atomic E-state index is -3.84. The molecule has 0 amide bonds. The second-order valence-corrected chi connectivity index (χ2v) is 9.92. The van der Waals surface area contributed by atoms with Crippen LogP contribution in [0.25, 0.3) is 11.0 Å². The van der Waals surface area contributed by atoms with Crippen LogP contribution in [0.4, 0.5) is 11.4 Å². The minimum absolute atomic E-state index is 0.0310. The van der Waals surface area contributed by atoms with E-state index in [1.807, 2.05) is 78.9 Å². The number of fused-ring (bicyclic) bond motifs is 1. The number of aromatic amines is 1. The van der Waals surface area contributed by atoms with Crippen LogP contribution in [0.3, 0.4) is 0 Å². The van der Waals surface area contributed by atoms with Crippen molar-refractivity contribution in [3.05, 3.63) is 121 Å². The molecule has 0 atom stereocenters. The molecule has 176 valence electrons. The normalized spacial score (nSPS) is 11.6. The molecule has 8 heteroatoms. The maximum atomic E-state index is 13.5. The first-order chi connectivity index (χ1) is 17.1. The number of hydrogen-bond acceptors (Lipinski definition) is 5. The fourth-order valence-corrected chi connectivity index (χ4v) is 5.00. The van der Waals surface area contributed by atoms with E-state index in [1.54, 1.807) is 30.3 Å². The van der Waals surface area contributed by atoms with Gasteiger partial charge in [0.2, 0.25) is 0 Å². The van der Waals surface area contributed by atoms with Gasteiger partial charge in [-0.25, -0.2) is 13.4 Å². The summed E-state index contributed by atoms with van der Waals surface area (Å²) in [4.78, 5) is 7.97. The van der Waals surface area contributed by atoms with Gasteiger partial charge in [0.1, 0.15) is 5.82 Å². The molecule has 0 unspecified atom stereocenters. The number of rotatable bonds is 9. The van der Waals surface area contributed by atoms with Crippen LogP contribution in [0.2, 0.25) is 0 Å². The first kappa shape index (κ1) is 22.6. The van der Waals surface area contributed by atoms with Gasteiger partial charge in [0.15, 0.2) is 0 Å². The molecular weight excluding hydrogens is 458 g/mol. The largest absolute Gasteiger partial charge is 0.381 e. The Morgan fingerprint density at radius 2 is 1.40 bits per heavy atom. The quantitative estimate of drug-likeness (QED) is 0.245. The zero-order valence-corrected chi connectivity index (χ0v) is 19.7. The number of aromatic nitrogens is 2. The van der Waals surface area contributed by atoms with Crippen LogP contribution in [-0.4, -0.2) is 22.8 Å². The van der Waals surface area contributed by atoms with Crippen molar-refractivity contribution in [3.63, 3.8) is 0 Å². The number of nitrogens with one attached hydrogen (secondary N) is 3. The molecule has 5 aromatic rings. The topological polar surface area (TPSA) is 90.1 Å². The smallest absolute Gasteiger partial charge is 0.260 e. The van der Waals surface area contributed by atoms with Gasteiger partial charge >= 0.3 is 0 Å². The van der Waals surface area contributed by atoms with Gasteiger partial charge in [-0.05, 0) is 54.1 Å². The molecule has 0 radical (unpaired) electrons. The van der Waals surface area contributed by atoms with Gasteiger partial charge in [0.05, 0.1) is 28.2 Å². The number of para-hydroxylation sites is 3. The Morgan fingerprint density at radius 3 is 2.11 bits per heavy atom. The molecular formula is C27H25N5O2S. The standard InChI is InChI=1S/C27H25N5O2S/c33-35(34,24-11-5-2-6-12-24)32(20-27-29-25-13-7-8-14-26(25)30-27)31-23-17-15-21(16-18-23)19-28-22-9-3-1-4-10-22/h1-18,28,31H,19-20H2,(H,29,30).